The fraction of sp³-hybridized carbons (Fsp3) is 0.300. The van der Waals surface area contributed by atoms with Crippen molar-refractivity contribution in [1.82, 2.24) is 5.32 Å². The zero-order valence-corrected chi connectivity index (χ0v) is 16.1. The molecule has 0 bridgehead atoms. The minimum absolute atomic E-state index is 0.0482. The fourth-order valence-corrected chi connectivity index (χ4v) is 2.73. The zero-order chi connectivity index (χ0) is 20.8. The lowest BCUT2D eigenvalue weighted by atomic mass is 9.97. The van der Waals surface area contributed by atoms with Gasteiger partial charge in [0.25, 0.3) is 11.6 Å². The monoisotopic (exact) mass is 384 g/mol. The first-order chi connectivity index (χ1) is 13.2. The molecule has 1 unspecified atom stereocenters. The average molecular weight is 384 g/mol. The summed E-state index contributed by atoms with van der Waals surface area (Å²) in [6.45, 7) is 2.23. The summed E-state index contributed by atoms with van der Waals surface area (Å²) in [4.78, 5) is 37.9. The highest BCUT2D eigenvalue weighted by Gasteiger charge is 2.22. The molecule has 2 aromatic carbocycles. The molecule has 0 spiro atoms. The number of nitrogens with zero attached hydrogens (tertiary/aromatic N) is 2. The van der Waals surface area contributed by atoms with Gasteiger partial charge in [0.15, 0.2) is 5.78 Å². The standard InChI is InChI=1S/C20H24N4O4/c1-13(21)10-11-22-20(26)16-7-5-4-6-15(16)19(25)14-8-9-17(23(2)3)18(12-14)24(27)28/h4-9,12-13H,10-11,21H2,1-3H3,(H,22,26). The molecule has 3 N–H and O–H groups in total. The number of nitrogens with one attached hydrogen (secondary N) is 1. The third-order valence-electron chi connectivity index (χ3n) is 4.22. The third-order valence-corrected chi connectivity index (χ3v) is 4.22. The average Bonchev–Trinajstić information content (AvgIpc) is 2.66. The second-order valence-electron chi connectivity index (χ2n) is 6.75. The summed E-state index contributed by atoms with van der Waals surface area (Å²) in [6.07, 6.45) is 0.611. The second-order valence-corrected chi connectivity index (χ2v) is 6.75. The van der Waals surface area contributed by atoms with Crippen molar-refractivity contribution in [2.45, 2.75) is 19.4 Å². The van der Waals surface area contributed by atoms with Crippen molar-refractivity contribution in [2.24, 2.45) is 5.73 Å². The second kappa shape index (κ2) is 9.09. The van der Waals surface area contributed by atoms with Crippen molar-refractivity contribution in [3.05, 3.63) is 69.3 Å². The number of rotatable bonds is 8. The van der Waals surface area contributed by atoms with Crippen molar-refractivity contribution in [2.75, 3.05) is 25.5 Å². The lowest BCUT2D eigenvalue weighted by Crippen LogP contribution is -2.30. The molecule has 2 rings (SSSR count). The van der Waals surface area contributed by atoms with Gasteiger partial charge in [0.05, 0.1) is 10.5 Å². The molecule has 2 aromatic rings. The number of anilines is 1. The molecule has 0 aliphatic rings. The smallest absolute Gasteiger partial charge is 0.293 e. The number of hydrogen-bond donors (Lipinski definition) is 2. The highest BCUT2D eigenvalue weighted by atomic mass is 16.6. The predicted octanol–water partition coefficient (Wildman–Crippen LogP) is 2.36. The van der Waals surface area contributed by atoms with Crippen LogP contribution in [0.5, 0.6) is 0 Å². The summed E-state index contributed by atoms with van der Waals surface area (Å²) in [7, 11) is 3.37. The lowest BCUT2D eigenvalue weighted by Gasteiger charge is -2.14. The highest BCUT2D eigenvalue weighted by molar-refractivity contribution is 6.15. The molecule has 8 nitrogen and oxygen atoms in total. The Balaban J connectivity index is 2.36. The van der Waals surface area contributed by atoms with E-state index in [9.17, 15) is 19.7 Å². The first kappa shape index (κ1) is 21.0. The Morgan fingerprint density at radius 1 is 1.18 bits per heavy atom. The number of nitro benzene ring substituents is 1. The first-order valence-corrected chi connectivity index (χ1v) is 8.85. The van der Waals surface area contributed by atoms with Crippen LogP contribution in [0.25, 0.3) is 0 Å². The quantitative estimate of drug-likeness (QED) is 0.410. The van der Waals surface area contributed by atoms with Crippen LogP contribution in [-0.4, -0.2) is 43.3 Å². The number of amides is 1. The maximum Gasteiger partial charge on any atom is 0.293 e. The largest absolute Gasteiger partial charge is 0.372 e. The van der Waals surface area contributed by atoms with Crippen LogP contribution in [0, 0.1) is 10.1 Å². The van der Waals surface area contributed by atoms with E-state index in [1.807, 2.05) is 6.92 Å². The molecule has 0 aromatic heterocycles. The highest BCUT2D eigenvalue weighted by Crippen LogP contribution is 2.29. The molecule has 0 saturated carbocycles. The van der Waals surface area contributed by atoms with Crippen molar-refractivity contribution in [3.63, 3.8) is 0 Å². The Morgan fingerprint density at radius 3 is 2.39 bits per heavy atom. The van der Waals surface area contributed by atoms with E-state index >= 15 is 0 Å². The lowest BCUT2D eigenvalue weighted by molar-refractivity contribution is -0.384. The van der Waals surface area contributed by atoms with E-state index in [0.29, 0.717) is 18.7 Å². The van der Waals surface area contributed by atoms with E-state index in [1.165, 1.54) is 24.3 Å². The van der Waals surface area contributed by atoms with E-state index in [1.54, 1.807) is 37.2 Å². The van der Waals surface area contributed by atoms with Gasteiger partial charge in [-0.3, -0.25) is 19.7 Å². The molecule has 0 aliphatic carbocycles. The fourth-order valence-electron chi connectivity index (χ4n) is 2.73. The van der Waals surface area contributed by atoms with Crippen LogP contribution in [0.1, 0.15) is 39.6 Å². The number of ketones is 1. The summed E-state index contributed by atoms with van der Waals surface area (Å²) in [5.41, 5.74) is 6.45. The van der Waals surface area contributed by atoms with Crippen molar-refractivity contribution >= 4 is 23.1 Å². The molecule has 1 amide bonds. The number of carbonyl (C=O) groups excluding carboxylic acids is 2. The van der Waals surface area contributed by atoms with Gasteiger partial charge < -0.3 is 16.0 Å². The maximum atomic E-state index is 13.0. The molecule has 0 radical (unpaired) electrons. The van der Waals surface area contributed by atoms with Crippen molar-refractivity contribution < 1.29 is 14.5 Å². The van der Waals surface area contributed by atoms with Gasteiger partial charge >= 0.3 is 0 Å². The van der Waals surface area contributed by atoms with Gasteiger partial charge in [-0.2, -0.15) is 0 Å². The van der Waals surface area contributed by atoms with Crippen LogP contribution < -0.4 is 16.0 Å². The van der Waals surface area contributed by atoms with E-state index in [-0.39, 0.29) is 34.3 Å². The molecule has 0 heterocycles. The molecule has 1 atom stereocenters. The molecule has 0 aliphatic heterocycles. The normalized spacial score (nSPS) is 11.6. The summed E-state index contributed by atoms with van der Waals surface area (Å²) in [5, 5.41) is 14.1. The Hall–Kier alpha value is -3.26. The Bertz CT molecular complexity index is 894. The van der Waals surface area contributed by atoms with Crippen LogP contribution in [-0.2, 0) is 0 Å². The van der Waals surface area contributed by atoms with Gasteiger partial charge in [-0.1, -0.05) is 18.2 Å². The van der Waals surface area contributed by atoms with Gasteiger partial charge in [-0.25, -0.2) is 0 Å². The number of benzene rings is 2. The maximum absolute atomic E-state index is 13.0. The number of hydrogen-bond acceptors (Lipinski definition) is 6. The Labute approximate surface area is 163 Å². The van der Waals surface area contributed by atoms with Gasteiger partial charge in [0.2, 0.25) is 0 Å². The summed E-state index contributed by atoms with van der Waals surface area (Å²) < 4.78 is 0. The van der Waals surface area contributed by atoms with Crippen molar-refractivity contribution in [3.8, 4) is 0 Å². The summed E-state index contributed by atoms with van der Waals surface area (Å²) >= 11 is 0. The van der Waals surface area contributed by atoms with Gasteiger partial charge in [0, 0.05) is 43.9 Å². The van der Waals surface area contributed by atoms with Gasteiger partial charge in [-0.05, 0) is 31.5 Å². The number of nitrogens with two attached hydrogens (primary N) is 1. The zero-order valence-electron chi connectivity index (χ0n) is 16.1. The van der Waals surface area contributed by atoms with E-state index in [4.69, 9.17) is 5.73 Å². The van der Waals surface area contributed by atoms with Crippen LogP contribution in [0.4, 0.5) is 11.4 Å². The number of nitro groups is 1. The molecule has 28 heavy (non-hydrogen) atoms. The van der Waals surface area contributed by atoms with E-state index in [2.05, 4.69) is 5.32 Å². The molecular weight excluding hydrogens is 360 g/mol. The van der Waals surface area contributed by atoms with Crippen LogP contribution in [0.2, 0.25) is 0 Å². The molecule has 0 saturated heterocycles. The number of carbonyl (C=O) groups is 2. The third kappa shape index (κ3) is 4.92. The van der Waals surface area contributed by atoms with Gasteiger partial charge in [-0.15, -0.1) is 0 Å². The SMILES string of the molecule is CC(N)CCNC(=O)c1ccccc1C(=O)c1ccc(N(C)C)c([N+](=O)[O-])c1. The van der Waals surface area contributed by atoms with Crippen molar-refractivity contribution in [1.29, 1.82) is 0 Å². The Morgan fingerprint density at radius 2 is 1.82 bits per heavy atom. The minimum atomic E-state index is -0.529. The molecule has 148 valence electrons. The summed E-state index contributed by atoms with van der Waals surface area (Å²) in [5.74, 6) is -0.838. The van der Waals surface area contributed by atoms with Crippen LogP contribution >= 0.6 is 0 Å². The molecular formula is C20H24N4O4. The first-order valence-electron chi connectivity index (χ1n) is 8.85. The molecule has 0 fully saturated rings. The Kier molecular flexibility index (Phi) is 6.84. The van der Waals surface area contributed by atoms with Crippen LogP contribution in [0.3, 0.4) is 0 Å². The molecule has 8 heteroatoms. The minimum Gasteiger partial charge on any atom is -0.372 e. The predicted molar refractivity (Wildman–Crippen MR) is 108 cm³/mol. The van der Waals surface area contributed by atoms with Crippen LogP contribution in [0.15, 0.2) is 42.5 Å². The van der Waals surface area contributed by atoms with Gasteiger partial charge in [0.1, 0.15) is 5.69 Å². The van der Waals surface area contributed by atoms with E-state index in [0.717, 1.165) is 0 Å². The van der Waals surface area contributed by atoms with E-state index < -0.39 is 10.7 Å². The summed E-state index contributed by atoms with van der Waals surface area (Å²) in [6, 6.07) is 10.6. The topological polar surface area (TPSA) is 119 Å².